The van der Waals surface area contributed by atoms with Gasteiger partial charge in [-0.1, -0.05) is 12.7 Å². The van der Waals surface area contributed by atoms with Crippen LogP contribution in [0.2, 0.25) is 0 Å². The Hall–Kier alpha value is -1.38. The number of hydrogen-bond donors (Lipinski definition) is 0. The number of carbonyl (C=O) groups is 1. The highest BCUT2D eigenvalue weighted by Crippen LogP contribution is 2.24. The predicted octanol–water partition coefficient (Wildman–Crippen LogP) is 3.15. The highest BCUT2D eigenvalue weighted by atomic mass is 79.9. The number of thiophene rings is 1. The molecule has 0 amide bonds. The van der Waals surface area contributed by atoms with Gasteiger partial charge in [0.15, 0.2) is 0 Å². The molecule has 1 heterocycles. The van der Waals surface area contributed by atoms with Gasteiger partial charge in [-0.05, 0) is 34.1 Å². The molecule has 0 aliphatic carbocycles. The number of nitrogens with zero attached hydrogens (tertiary/aromatic N) is 1. The first-order valence-corrected chi connectivity index (χ1v) is 5.93. The van der Waals surface area contributed by atoms with Crippen LogP contribution < -0.4 is 0 Å². The topological polar surface area (TPSA) is 50.1 Å². The van der Waals surface area contributed by atoms with Gasteiger partial charge in [-0.3, -0.25) is 0 Å². The lowest BCUT2D eigenvalue weighted by Crippen LogP contribution is -2.06. The molecule has 0 aliphatic heterocycles. The number of carbonyl (C=O) groups excluding carboxylic acids is 1. The number of halogens is 1. The lowest BCUT2D eigenvalue weighted by atomic mass is 10.2. The van der Waals surface area contributed by atoms with Gasteiger partial charge in [0.2, 0.25) is 0 Å². The first-order chi connectivity index (χ1) is 7.67. The Morgan fingerprint density at radius 1 is 1.69 bits per heavy atom. The SMILES string of the molecule is C=CCOC(=O)/C(C#N)=C\c1ccc(Br)s1. The minimum absolute atomic E-state index is 0.0174. The third-order valence-corrected chi connectivity index (χ3v) is 3.12. The maximum atomic E-state index is 11.4. The van der Waals surface area contributed by atoms with E-state index in [0.29, 0.717) is 0 Å². The molecule has 1 aromatic heterocycles. The van der Waals surface area contributed by atoms with E-state index in [2.05, 4.69) is 22.5 Å². The molecule has 0 N–H and O–H groups in total. The van der Waals surface area contributed by atoms with Crippen molar-refractivity contribution < 1.29 is 9.53 Å². The van der Waals surface area contributed by atoms with E-state index in [1.165, 1.54) is 23.5 Å². The Kier molecular flexibility index (Phi) is 4.96. The number of esters is 1. The second-order valence-electron chi connectivity index (χ2n) is 2.70. The van der Waals surface area contributed by atoms with Crippen LogP contribution in [0.25, 0.3) is 6.08 Å². The minimum Gasteiger partial charge on any atom is -0.457 e. The summed E-state index contributed by atoms with van der Waals surface area (Å²) >= 11 is 4.73. The second kappa shape index (κ2) is 6.26. The van der Waals surface area contributed by atoms with Crippen LogP contribution in [0, 0.1) is 11.3 Å². The maximum absolute atomic E-state index is 11.4. The standard InChI is InChI=1S/C11H8BrNO2S/c1-2-5-15-11(14)8(7-13)6-9-3-4-10(12)16-9/h2-4,6H,1,5H2/b8-6-. The van der Waals surface area contributed by atoms with Gasteiger partial charge in [-0.2, -0.15) is 5.26 Å². The Morgan fingerprint density at radius 3 is 2.94 bits per heavy atom. The molecular weight excluding hydrogens is 290 g/mol. The summed E-state index contributed by atoms with van der Waals surface area (Å²) < 4.78 is 5.71. The van der Waals surface area contributed by atoms with Crippen LogP contribution in [0.3, 0.4) is 0 Å². The molecule has 3 nitrogen and oxygen atoms in total. The molecule has 0 unspecified atom stereocenters. The molecule has 0 spiro atoms. The monoisotopic (exact) mass is 297 g/mol. The van der Waals surface area contributed by atoms with Crippen LogP contribution in [0.4, 0.5) is 0 Å². The summed E-state index contributed by atoms with van der Waals surface area (Å²) in [5, 5.41) is 8.81. The highest BCUT2D eigenvalue weighted by Gasteiger charge is 2.10. The molecule has 0 saturated heterocycles. The third-order valence-electron chi connectivity index (χ3n) is 1.55. The lowest BCUT2D eigenvalue weighted by Gasteiger charge is -1.98. The molecule has 1 aromatic rings. The van der Waals surface area contributed by atoms with E-state index >= 15 is 0 Å². The highest BCUT2D eigenvalue weighted by molar-refractivity contribution is 9.11. The van der Waals surface area contributed by atoms with Crippen molar-refractivity contribution in [1.82, 2.24) is 0 Å². The molecule has 0 radical (unpaired) electrons. The zero-order chi connectivity index (χ0) is 12.0. The normalized spacial score (nSPS) is 10.6. The fraction of sp³-hybridized carbons (Fsp3) is 0.0909. The number of nitriles is 1. The smallest absolute Gasteiger partial charge is 0.349 e. The summed E-state index contributed by atoms with van der Waals surface area (Å²) in [4.78, 5) is 12.2. The molecule has 82 valence electrons. The van der Waals surface area contributed by atoms with Crippen molar-refractivity contribution in [2.45, 2.75) is 0 Å². The fourth-order valence-corrected chi connectivity index (χ4v) is 2.26. The largest absolute Gasteiger partial charge is 0.457 e. The van der Waals surface area contributed by atoms with E-state index < -0.39 is 5.97 Å². The van der Waals surface area contributed by atoms with E-state index in [4.69, 9.17) is 10.00 Å². The van der Waals surface area contributed by atoms with Crippen LogP contribution in [0.1, 0.15) is 4.88 Å². The first kappa shape index (κ1) is 12.7. The Labute approximate surface area is 106 Å². The molecule has 0 fully saturated rings. The van der Waals surface area contributed by atoms with E-state index in [1.54, 1.807) is 0 Å². The second-order valence-corrected chi connectivity index (χ2v) is 5.19. The summed E-state index contributed by atoms with van der Waals surface area (Å²) in [5.41, 5.74) is -0.0174. The Bertz CT molecular complexity index is 471. The zero-order valence-electron chi connectivity index (χ0n) is 8.27. The molecule has 0 bridgehead atoms. The quantitative estimate of drug-likeness (QED) is 0.371. The van der Waals surface area contributed by atoms with Gasteiger partial charge in [-0.15, -0.1) is 11.3 Å². The Morgan fingerprint density at radius 2 is 2.44 bits per heavy atom. The number of ether oxygens (including phenoxy) is 1. The van der Waals surface area contributed by atoms with Crippen molar-refractivity contribution in [3.05, 3.63) is 39.0 Å². The third kappa shape index (κ3) is 3.65. The Balaban J connectivity index is 2.82. The molecule has 1 rings (SSSR count). The summed E-state index contributed by atoms with van der Waals surface area (Å²) in [6, 6.07) is 5.47. The van der Waals surface area contributed by atoms with Crippen LogP contribution in [0.5, 0.6) is 0 Å². The average molecular weight is 298 g/mol. The van der Waals surface area contributed by atoms with Gasteiger partial charge in [0.25, 0.3) is 0 Å². The maximum Gasteiger partial charge on any atom is 0.349 e. The molecule has 0 atom stereocenters. The molecular formula is C11H8BrNO2S. The summed E-state index contributed by atoms with van der Waals surface area (Å²) in [7, 11) is 0. The number of hydrogen-bond acceptors (Lipinski definition) is 4. The van der Waals surface area contributed by atoms with Crippen molar-refractivity contribution >= 4 is 39.3 Å². The fourth-order valence-electron chi connectivity index (χ4n) is 0.897. The molecule has 5 heteroatoms. The van der Waals surface area contributed by atoms with Gasteiger partial charge in [0.05, 0.1) is 3.79 Å². The zero-order valence-corrected chi connectivity index (χ0v) is 10.7. The summed E-state index contributed by atoms with van der Waals surface area (Å²) in [5.74, 6) is -0.632. The van der Waals surface area contributed by atoms with Crippen molar-refractivity contribution in [3.63, 3.8) is 0 Å². The molecule has 0 aliphatic rings. The van der Waals surface area contributed by atoms with Crippen LogP contribution in [-0.2, 0) is 9.53 Å². The van der Waals surface area contributed by atoms with Gasteiger partial charge in [-0.25, -0.2) is 4.79 Å². The lowest BCUT2D eigenvalue weighted by molar-refractivity contribution is -0.137. The number of rotatable bonds is 4. The van der Waals surface area contributed by atoms with Gasteiger partial charge in [0.1, 0.15) is 18.2 Å². The van der Waals surface area contributed by atoms with Crippen molar-refractivity contribution in [3.8, 4) is 6.07 Å². The van der Waals surface area contributed by atoms with Gasteiger partial charge in [0, 0.05) is 4.88 Å². The van der Waals surface area contributed by atoms with Crippen LogP contribution in [0.15, 0.2) is 34.1 Å². The van der Waals surface area contributed by atoms with Crippen molar-refractivity contribution in [2.75, 3.05) is 6.61 Å². The first-order valence-electron chi connectivity index (χ1n) is 4.32. The van der Waals surface area contributed by atoms with E-state index in [9.17, 15) is 4.79 Å². The van der Waals surface area contributed by atoms with E-state index in [1.807, 2.05) is 18.2 Å². The van der Waals surface area contributed by atoms with Gasteiger partial charge >= 0.3 is 5.97 Å². The average Bonchev–Trinajstić information content (AvgIpc) is 2.68. The van der Waals surface area contributed by atoms with Gasteiger partial charge < -0.3 is 4.74 Å². The summed E-state index contributed by atoms with van der Waals surface area (Å²) in [6.45, 7) is 3.52. The van der Waals surface area contributed by atoms with Crippen molar-refractivity contribution in [1.29, 1.82) is 5.26 Å². The van der Waals surface area contributed by atoms with Crippen molar-refractivity contribution in [2.24, 2.45) is 0 Å². The molecule has 0 aromatic carbocycles. The van der Waals surface area contributed by atoms with Crippen LogP contribution >= 0.6 is 27.3 Å². The van der Waals surface area contributed by atoms with E-state index in [0.717, 1.165) is 8.66 Å². The minimum atomic E-state index is -0.632. The molecule has 0 saturated carbocycles. The molecule has 16 heavy (non-hydrogen) atoms. The predicted molar refractivity (Wildman–Crippen MR) is 66.8 cm³/mol. The summed E-state index contributed by atoms with van der Waals surface area (Å²) in [6.07, 6.45) is 2.95. The van der Waals surface area contributed by atoms with E-state index in [-0.39, 0.29) is 12.2 Å². The van der Waals surface area contributed by atoms with Crippen LogP contribution in [-0.4, -0.2) is 12.6 Å².